The van der Waals surface area contributed by atoms with Crippen LogP contribution in [0, 0.1) is 0 Å². The summed E-state index contributed by atoms with van der Waals surface area (Å²) in [7, 11) is 0. The molecule has 2 heterocycles. The molecule has 0 bridgehead atoms. The Morgan fingerprint density at radius 2 is 2.05 bits per heavy atom. The molecule has 3 aromatic rings. The van der Waals surface area contributed by atoms with Gasteiger partial charge >= 0.3 is 6.03 Å². The molecule has 0 saturated heterocycles. The third-order valence-corrected chi connectivity index (χ3v) is 2.72. The first-order valence-electron chi connectivity index (χ1n) is 6.36. The Bertz CT molecular complexity index is 706. The summed E-state index contributed by atoms with van der Waals surface area (Å²) in [4.78, 5) is 15.9. The Labute approximate surface area is 120 Å². The first kappa shape index (κ1) is 12.9. The van der Waals surface area contributed by atoms with Crippen LogP contribution in [0.2, 0.25) is 0 Å². The topological polar surface area (TPSA) is 95.8 Å². The third kappa shape index (κ3) is 3.27. The van der Waals surface area contributed by atoms with Gasteiger partial charge in [-0.15, -0.1) is 5.10 Å². The molecule has 0 spiro atoms. The van der Waals surface area contributed by atoms with Gasteiger partial charge in [-0.05, 0) is 24.3 Å². The van der Waals surface area contributed by atoms with Gasteiger partial charge in [0.2, 0.25) is 5.82 Å². The lowest BCUT2D eigenvalue weighted by Gasteiger charge is -2.05. The highest BCUT2D eigenvalue weighted by Gasteiger charge is 2.09. The maximum atomic E-state index is 11.7. The van der Waals surface area contributed by atoms with Crippen molar-refractivity contribution < 1.29 is 9.21 Å². The van der Waals surface area contributed by atoms with Gasteiger partial charge in [0.15, 0.2) is 5.76 Å². The summed E-state index contributed by atoms with van der Waals surface area (Å²) in [5.41, 5.74) is 0.726. The number of aromatic nitrogens is 3. The fourth-order valence-electron chi connectivity index (χ4n) is 1.75. The second-order valence-corrected chi connectivity index (χ2v) is 4.26. The average Bonchev–Trinajstić information content (AvgIpc) is 3.17. The number of aromatic amines is 1. The third-order valence-electron chi connectivity index (χ3n) is 2.72. The SMILES string of the molecule is O=C(NCc1nc(-c2ccco2)n[nH]1)Nc1ccccc1. The number of carbonyl (C=O) groups is 1. The van der Waals surface area contributed by atoms with E-state index in [1.165, 1.54) is 0 Å². The van der Waals surface area contributed by atoms with Crippen LogP contribution < -0.4 is 10.6 Å². The van der Waals surface area contributed by atoms with Crippen LogP contribution in [-0.2, 0) is 6.54 Å². The van der Waals surface area contributed by atoms with Crippen molar-refractivity contribution in [2.75, 3.05) is 5.32 Å². The van der Waals surface area contributed by atoms with Crippen LogP contribution in [0.25, 0.3) is 11.6 Å². The van der Waals surface area contributed by atoms with E-state index in [0.717, 1.165) is 5.69 Å². The van der Waals surface area contributed by atoms with E-state index in [0.29, 0.717) is 17.4 Å². The van der Waals surface area contributed by atoms with Gasteiger partial charge in [0.05, 0.1) is 12.8 Å². The average molecular weight is 283 g/mol. The van der Waals surface area contributed by atoms with Crippen LogP contribution in [-0.4, -0.2) is 21.2 Å². The first-order chi connectivity index (χ1) is 10.3. The molecule has 7 nitrogen and oxygen atoms in total. The van der Waals surface area contributed by atoms with E-state index in [1.54, 1.807) is 18.4 Å². The predicted molar refractivity (Wildman–Crippen MR) is 76.4 cm³/mol. The van der Waals surface area contributed by atoms with Crippen molar-refractivity contribution in [2.24, 2.45) is 0 Å². The van der Waals surface area contributed by atoms with Gasteiger partial charge in [-0.2, -0.15) is 0 Å². The summed E-state index contributed by atoms with van der Waals surface area (Å²) < 4.78 is 5.19. The van der Waals surface area contributed by atoms with Crippen molar-refractivity contribution in [3.8, 4) is 11.6 Å². The van der Waals surface area contributed by atoms with E-state index in [9.17, 15) is 4.79 Å². The smallest absolute Gasteiger partial charge is 0.319 e. The number of para-hydroxylation sites is 1. The quantitative estimate of drug-likeness (QED) is 0.685. The number of benzene rings is 1. The summed E-state index contributed by atoms with van der Waals surface area (Å²) in [6.07, 6.45) is 1.55. The molecule has 2 amide bonds. The lowest BCUT2D eigenvalue weighted by atomic mass is 10.3. The van der Waals surface area contributed by atoms with E-state index in [1.807, 2.05) is 30.3 Å². The lowest BCUT2D eigenvalue weighted by molar-refractivity contribution is 0.251. The number of urea groups is 1. The van der Waals surface area contributed by atoms with Crippen molar-refractivity contribution in [3.63, 3.8) is 0 Å². The van der Waals surface area contributed by atoms with Crippen molar-refractivity contribution in [1.82, 2.24) is 20.5 Å². The highest BCUT2D eigenvalue weighted by molar-refractivity contribution is 5.89. The molecule has 2 aromatic heterocycles. The Kier molecular flexibility index (Phi) is 3.64. The minimum absolute atomic E-state index is 0.242. The maximum Gasteiger partial charge on any atom is 0.319 e. The van der Waals surface area contributed by atoms with Gasteiger partial charge in [0.25, 0.3) is 0 Å². The van der Waals surface area contributed by atoms with Gasteiger partial charge in [0, 0.05) is 5.69 Å². The number of nitrogens with one attached hydrogen (secondary N) is 3. The number of rotatable bonds is 4. The molecule has 0 aliphatic carbocycles. The summed E-state index contributed by atoms with van der Waals surface area (Å²) in [6.45, 7) is 0.242. The van der Waals surface area contributed by atoms with Crippen LogP contribution in [0.1, 0.15) is 5.82 Å². The van der Waals surface area contributed by atoms with E-state index >= 15 is 0 Å². The van der Waals surface area contributed by atoms with Crippen LogP contribution in [0.3, 0.4) is 0 Å². The monoisotopic (exact) mass is 283 g/mol. The number of nitrogens with zero attached hydrogens (tertiary/aromatic N) is 2. The van der Waals surface area contributed by atoms with Gasteiger partial charge in [-0.1, -0.05) is 18.2 Å². The van der Waals surface area contributed by atoms with Crippen molar-refractivity contribution in [1.29, 1.82) is 0 Å². The molecule has 1 aromatic carbocycles. The van der Waals surface area contributed by atoms with Crippen LogP contribution in [0.15, 0.2) is 53.1 Å². The van der Waals surface area contributed by atoms with Crippen LogP contribution in [0.5, 0.6) is 0 Å². The highest BCUT2D eigenvalue weighted by atomic mass is 16.3. The zero-order chi connectivity index (χ0) is 14.5. The van der Waals surface area contributed by atoms with E-state index in [-0.39, 0.29) is 12.6 Å². The molecule has 7 heteroatoms. The van der Waals surface area contributed by atoms with Crippen molar-refractivity contribution >= 4 is 11.7 Å². The number of carbonyl (C=O) groups excluding carboxylic acids is 1. The van der Waals surface area contributed by atoms with Gasteiger partial charge in [-0.3, -0.25) is 5.10 Å². The standard InChI is InChI=1S/C14H13N5O2/c20-14(16-10-5-2-1-3-6-10)15-9-12-17-13(19-18-12)11-7-4-8-21-11/h1-8H,9H2,(H2,15,16,20)(H,17,18,19). The molecule has 0 aliphatic heterocycles. The largest absolute Gasteiger partial charge is 0.461 e. The Morgan fingerprint density at radius 3 is 2.81 bits per heavy atom. The molecule has 0 aliphatic rings. The molecule has 21 heavy (non-hydrogen) atoms. The summed E-state index contributed by atoms with van der Waals surface area (Å²) in [5.74, 6) is 1.58. The van der Waals surface area contributed by atoms with Crippen LogP contribution in [0.4, 0.5) is 10.5 Å². The Morgan fingerprint density at radius 1 is 1.19 bits per heavy atom. The number of amides is 2. The molecule has 0 atom stereocenters. The van der Waals surface area contributed by atoms with Crippen LogP contribution >= 0.6 is 0 Å². The normalized spacial score (nSPS) is 10.3. The number of furan rings is 1. The second-order valence-electron chi connectivity index (χ2n) is 4.26. The van der Waals surface area contributed by atoms with E-state index < -0.39 is 0 Å². The van der Waals surface area contributed by atoms with Crippen molar-refractivity contribution in [3.05, 3.63) is 54.6 Å². The lowest BCUT2D eigenvalue weighted by Crippen LogP contribution is -2.28. The molecule has 0 unspecified atom stereocenters. The second kappa shape index (κ2) is 5.91. The predicted octanol–water partition coefficient (Wildman–Crippen LogP) is 2.39. The molecule has 3 rings (SSSR count). The molecule has 0 saturated carbocycles. The molecule has 0 radical (unpaired) electrons. The van der Waals surface area contributed by atoms with Gasteiger partial charge in [-0.25, -0.2) is 9.78 Å². The fourth-order valence-corrected chi connectivity index (χ4v) is 1.75. The molecule has 106 valence electrons. The zero-order valence-corrected chi connectivity index (χ0v) is 11.0. The Balaban J connectivity index is 1.54. The van der Waals surface area contributed by atoms with Crippen molar-refractivity contribution in [2.45, 2.75) is 6.54 Å². The van der Waals surface area contributed by atoms with Gasteiger partial charge < -0.3 is 15.1 Å². The summed E-state index contributed by atoms with van der Waals surface area (Å²) >= 11 is 0. The van der Waals surface area contributed by atoms with Gasteiger partial charge in [0.1, 0.15) is 5.82 Å². The molecular formula is C14H13N5O2. The summed E-state index contributed by atoms with van der Waals surface area (Å²) in [6, 6.07) is 12.4. The first-order valence-corrected chi connectivity index (χ1v) is 6.36. The number of hydrogen-bond acceptors (Lipinski definition) is 4. The number of hydrogen-bond donors (Lipinski definition) is 3. The minimum atomic E-state index is -0.308. The Hall–Kier alpha value is -3.09. The van der Waals surface area contributed by atoms with E-state index in [4.69, 9.17) is 4.42 Å². The maximum absolute atomic E-state index is 11.7. The zero-order valence-electron chi connectivity index (χ0n) is 11.0. The summed E-state index contributed by atoms with van der Waals surface area (Å²) in [5, 5.41) is 12.2. The fraction of sp³-hybridized carbons (Fsp3) is 0.0714. The molecule has 0 fully saturated rings. The molecular weight excluding hydrogens is 270 g/mol. The molecule has 3 N–H and O–H groups in total. The van der Waals surface area contributed by atoms with E-state index in [2.05, 4.69) is 25.8 Å². The highest BCUT2D eigenvalue weighted by Crippen LogP contribution is 2.14. The number of anilines is 1. The minimum Gasteiger partial charge on any atom is -0.461 e. The number of H-pyrrole nitrogens is 1.